The minimum Gasteiger partial charge on any atom is -0.462 e. The van der Waals surface area contributed by atoms with E-state index in [1.165, 1.54) is 18.0 Å². The summed E-state index contributed by atoms with van der Waals surface area (Å²) < 4.78 is 5.02. The van der Waals surface area contributed by atoms with Crippen molar-refractivity contribution < 1.29 is 9.53 Å². The van der Waals surface area contributed by atoms with Crippen LogP contribution in [0.5, 0.6) is 0 Å². The van der Waals surface area contributed by atoms with Gasteiger partial charge in [0.05, 0.1) is 6.61 Å². The highest BCUT2D eigenvalue weighted by Gasteiger charge is 2.15. The van der Waals surface area contributed by atoms with Crippen molar-refractivity contribution in [3.05, 3.63) is 41.9 Å². The standard InChI is InChI=1S/C14H16N4O2S/c1-3-20-13(19)11-9-17-14(21-2)18-12(11)16-8-10-5-4-6-15-7-10/h4-7,9H,3,8H2,1-2H3,(H,16,17,18). The second-order valence-corrected chi connectivity index (χ2v) is 4.83. The monoisotopic (exact) mass is 304 g/mol. The maximum atomic E-state index is 11.9. The molecule has 0 aliphatic heterocycles. The van der Waals surface area contributed by atoms with E-state index in [2.05, 4.69) is 20.3 Å². The molecule has 0 spiro atoms. The molecule has 0 bridgehead atoms. The normalized spacial score (nSPS) is 10.2. The number of hydrogen-bond donors (Lipinski definition) is 1. The number of carbonyl (C=O) groups is 1. The predicted molar refractivity (Wildman–Crippen MR) is 81.3 cm³/mol. The van der Waals surface area contributed by atoms with Crippen molar-refractivity contribution in [3.63, 3.8) is 0 Å². The van der Waals surface area contributed by atoms with Gasteiger partial charge in [-0.25, -0.2) is 14.8 Å². The molecule has 6 nitrogen and oxygen atoms in total. The van der Waals surface area contributed by atoms with Gasteiger partial charge in [-0.3, -0.25) is 4.98 Å². The molecule has 0 radical (unpaired) electrons. The molecule has 0 saturated carbocycles. The van der Waals surface area contributed by atoms with Crippen LogP contribution in [0.25, 0.3) is 0 Å². The molecule has 0 aliphatic rings. The summed E-state index contributed by atoms with van der Waals surface area (Å²) in [5, 5.41) is 3.73. The number of aromatic nitrogens is 3. The Kier molecular flexibility index (Phi) is 5.51. The third-order valence-electron chi connectivity index (χ3n) is 2.63. The van der Waals surface area contributed by atoms with Crippen LogP contribution in [-0.2, 0) is 11.3 Å². The third-order valence-corrected chi connectivity index (χ3v) is 3.19. The molecule has 2 heterocycles. The fraction of sp³-hybridized carbons (Fsp3) is 0.286. The van der Waals surface area contributed by atoms with Crippen LogP contribution < -0.4 is 5.32 Å². The number of pyridine rings is 1. The molecule has 0 fully saturated rings. The average Bonchev–Trinajstić information content (AvgIpc) is 2.53. The van der Waals surface area contributed by atoms with E-state index in [4.69, 9.17) is 4.74 Å². The lowest BCUT2D eigenvalue weighted by Gasteiger charge is -2.11. The Labute approximate surface area is 127 Å². The van der Waals surface area contributed by atoms with E-state index in [0.29, 0.717) is 29.7 Å². The summed E-state index contributed by atoms with van der Waals surface area (Å²) in [5.74, 6) is 0.0375. The zero-order chi connectivity index (χ0) is 15.1. The van der Waals surface area contributed by atoms with E-state index in [-0.39, 0.29) is 0 Å². The molecule has 2 aromatic rings. The van der Waals surface area contributed by atoms with Crippen LogP contribution >= 0.6 is 11.8 Å². The van der Waals surface area contributed by atoms with Crippen LogP contribution in [0.3, 0.4) is 0 Å². The van der Waals surface area contributed by atoms with Gasteiger partial charge < -0.3 is 10.1 Å². The Morgan fingerprint density at radius 2 is 2.29 bits per heavy atom. The van der Waals surface area contributed by atoms with Crippen molar-refractivity contribution in [2.45, 2.75) is 18.6 Å². The lowest BCUT2D eigenvalue weighted by Crippen LogP contribution is -2.12. The molecule has 0 aliphatic carbocycles. The largest absolute Gasteiger partial charge is 0.462 e. The number of esters is 1. The maximum Gasteiger partial charge on any atom is 0.343 e. The Hall–Kier alpha value is -2.15. The quantitative estimate of drug-likeness (QED) is 0.499. The minimum absolute atomic E-state index is 0.311. The molecule has 7 heteroatoms. The van der Waals surface area contributed by atoms with Gasteiger partial charge in [-0.15, -0.1) is 0 Å². The number of hydrogen-bond acceptors (Lipinski definition) is 7. The molecule has 0 amide bonds. The molecule has 110 valence electrons. The van der Waals surface area contributed by atoms with Crippen LogP contribution in [0.1, 0.15) is 22.8 Å². The maximum absolute atomic E-state index is 11.9. The second kappa shape index (κ2) is 7.58. The topological polar surface area (TPSA) is 77.0 Å². The van der Waals surface area contributed by atoms with Crippen molar-refractivity contribution in [1.29, 1.82) is 0 Å². The number of carbonyl (C=O) groups excluding carboxylic acids is 1. The van der Waals surface area contributed by atoms with Crippen molar-refractivity contribution in [1.82, 2.24) is 15.0 Å². The highest BCUT2D eigenvalue weighted by Crippen LogP contribution is 2.18. The highest BCUT2D eigenvalue weighted by molar-refractivity contribution is 7.98. The lowest BCUT2D eigenvalue weighted by molar-refractivity contribution is 0.0526. The molecule has 0 saturated heterocycles. The van der Waals surface area contributed by atoms with Crippen LogP contribution in [0.4, 0.5) is 5.82 Å². The first-order valence-corrected chi connectivity index (χ1v) is 7.68. The van der Waals surface area contributed by atoms with Crippen molar-refractivity contribution in [2.75, 3.05) is 18.2 Å². The van der Waals surface area contributed by atoms with Gasteiger partial charge in [0.15, 0.2) is 5.16 Å². The summed E-state index contributed by atoms with van der Waals surface area (Å²) in [4.78, 5) is 24.4. The van der Waals surface area contributed by atoms with Crippen molar-refractivity contribution in [3.8, 4) is 0 Å². The Balaban J connectivity index is 2.20. The van der Waals surface area contributed by atoms with Gasteiger partial charge >= 0.3 is 5.97 Å². The van der Waals surface area contributed by atoms with Gasteiger partial charge in [0.1, 0.15) is 11.4 Å². The number of nitrogens with zero attached hydrogens (tertiary/aromatic N) is 3. The van der Waals surface area contributed by atoms with Gasteiger partial charge in [-0.2, -0.15) is 0 Å². The van der Waals surface area contributed by atoms with Gasteiger partial charge in [0.25, 0.3) is 0 Å². The number of anilines is 1. The average molecular weight is 304 g/mol. The van der Waals surface area contributed by atoms with E-state index in [1.807, 2.05) is 18.4 Å². The molecular formula is C14H16N4O2S. The van der Waals surface area contributed by atoms with Gasteiger partial charge in [-0.05, 0) is 24.8 Å². The number of rotatable bonds is 6. The Morgan fingerprint density at radius 1 is 1.43 bits per heavy atom. The molecule has 1 N–H and O–H groups in total. The Morgan fingerprint density at radius 3 is 2.95 bits per heavy atom. The fourth-order valence-electron chi connectivity index (χ4n) is 1.65. The predicted octanol–water partition coefficient (Wildman–Crippen LogP) is 2.38. The number of nitrogens with one attached hydrogen (secondary N) is 1. The van der Waals surface area contributed by atoms with Gasteiger partial charge in [-0.1, -0.05) is 17.8 Å². The van der Waals surface area contributed by atoms with E-state index < -0.39 is 5.97 Å². The van der Waals surface area contributed by atoms with Gasteiger partial charge in [0, 0.05) is 25.1 Å². The summed E-state index contributed by atoms with van der Waals surface area (Å²) in [6.07, 6.45) is 6.84. The van der Waals surface area contributed by atoms with E-state index in [1.54, 1.807) is 19.3 Å². The minimum atomic E-state index is -0.432. The summed E-state index contributed by atoms with van der Waals surface area (Å²) in [6, 6.07) is 3.80. The first-order chi connectivity index (χ1) is 10.2. The van der Waals surface area contributed by atoms with E-state index in [9.17, 15) is 4.79 Å². The zero-order valence-corrected chi connectivity index (χ0v) is 12.7. The van der Waals surface area contributed by atoms with Crippen LogP contribution in [0.2, 0.25) is 0 Å². The van der Waals surface area contributed by atoms with Crippen molar-refractivity contribution >= 4 is 23.5 Å². The zero-order valence-electron chi connectivity index (χ0n) is 11.9. The molecule has 0 atom stereocenters. The summed E-state index contributed by atoms with van der Waals surface area (Å²) in [5.41, 5.74) is 1.33. The number of thioether (sulfide) groups is 1. The van der Waals surface area contributed by atoms with Crippen LogP contribution in [0.15, 0.2) is 35.9 Å². The molecule has 2 rings (SSSR count). The van der Waals surface area contributed by atoms with Crippen LogP contribution in [-0.4, -0.2) is 33.8 Å². The number of ether oxygens (including phenoxy) is 1. The first kappa shape index (κ1) is 15.2. The SMILES string of the molecule is CCOC(=O)c1cnc(SC)nc1NCc1cccnc1. The Bertz CT molecular complexity index is 607. The van der Waals surface area contributed by atoms with E-state index >= 15 is 0 Å². The second-order valence-electron chi connectivity index (χ2n) is 4.05. The summed E-state index contributed by atoms with van der Waals surface area (Å²) >= 11 is 1.41. The van der Waals surface area contributed by atoms with Crippen LogP contribution in [0, 0.1) is 0 Å². The van der Waals surface area contributed by atoms with Gasteiger partial charge in [0.2, 0.25) is 0 Å². The smallest absolute Gasteiger partial charge is 0.343 e. The highest BCUT2D eigenvalue weighted by atomic mass is 32.2. The van der Waals surface area contributed by atoms with E-state index in [0.717, 1.165) is 5.56 Å². The summed E-state index contributed by atoms with van der Waals surface area (Å²) in [7, 11) is 0. The van der Waals surface area contributed by atoms with Crippen molar-refractivity contribution in [2.24, 2.45) is 0 Å². The first-order valence-electron chi connectivity index (χ1n) is 6.45. The lowest BCUT2D eigenvalue weighted by atomic mass is 10.2. The molecule has 21 heavy (non-hydrogen) atoms. The summed E-state index contributed by atoms with van der Waals surface area (Å²) in [6.45, 7) is 2.59. The fourth-order valence-corrected chi connectivity index (χ4v) is 1.99. The molecule has 0 aromatic carbocycles. The molecule has 0 unspecified atom stereocenters. The molecular weight excluding hydrogens is 288 g/mol. The third kappa shape index (κ3) is 4.16. The molecule has 2 aromatic heterocycles.